The molecule has 5 nitrogen and oxygen atoms in total. The molecule has 0 aromatic heterocycles. The molecule has 1 aliphatic rings. The zero-order valence-corrected chi connectivity index (χ0v) is 20.6. The monoisotopic (exact) mass is 446 g/mol. The van der Waals surface area contributed by atoms with Crippen molar-refractivity contribution in [2.24, 2.45) is 10.9 Å². The minimum atomic E-state index is -0.598. The fourth-order valence-electron chi connectivity index (χ4n) is 4.26. The average Bonchev–Trinajstić information content (AvgIpc) is 2.71. The van der Waals surface area contributed by atoms with Gasteiger partial charge in [0.25, 0.3) is 0 Å². The van der Waals surface area contributed by atoms with Crippen LogP contribution >= 0.6 is 0 Å². The quantitative estimate of drug-likeness (QED) is 0.499. The fourth-order valence-corrected chi connectivity index (χ4v) is 4.26. The van der Waals surface area contributed by atoms with Crippen molar-refractivity contribution in [3.05, 3.63) is 46.8 Å². The van der Waals surface area contributed by atoms with Gasteiger partial charge in [-0.3, -0.25) is 4.99 Å². The van der Waals surface area contributed by atoms with E-state index >= 15 is 0 Å². The number of aryl methyl sites for hydroxylation is 1. The van der Waals surface area contributed by atoms with Crippen molar-refractivity contribution in [2.45, 2.75) is 85.0 Å². The maximum absolute atomic E-state index is 14.0. The second kappa shape index (κ2) is 11.6. The van der Waals surface area contributed by atoms with Crippen LogP contribution in [0, 0.1) is 18.7 Å². The standard InChI is InChI=1S/C26H39FN2O3/c1-8-19(9-2)22(28-7)13-11-18-14-23(29-25(30)32-26(4,5)6)24(31-16-18)21-15-20(27)12-10-17(21)3/h8,10,12,15,18,23-24H,9,11,13-14,16H2,1-7H3,(H,29,30)/b19-8-,28-22-/t18-,23?,24+/m0/s1. The van der Waals surface area contributed by atoms with Gasteiger partial charge in [-0.05, 0) is 95.1 Å². The lowest BCUT2D eigenvalue weighted by Crippen LogP contribution is -2.47. The number of carbonyl (C=O) groups is 1. The number of ether oxygens (including phenoxy) is 2. The highest BCUT2D eigenvalue weighted by Crippen LogP contribution is 2.35. The molecule has 1 unspecified atom stereocenters. The third-order valence-corrected chi connectivity index (χ3v) is 5.87. The number of halogens is 1. The third kappa shape index (κ3) is 7.44. The van der Waals surface area contributed by atoms with Gasteiger partial charge in [-0.2, -0.15) is 0 Å². The van der Waals surface area contributed by atoms with Crippen molar-refractivity contribution < 1.29 is 18.7 Å². The van der Waals surface area contributed by atoms with Crippen LogP contribution in [0.2, 0.25) is 0 Å². The summed E-state index contributed by atoms with van der Waals surface area (Å²) in [5.74, 6) is -0.0543. The van der Waals surface area contributed by atoms with Gasteiger partial charge in [0.2, 0.25) is 0 Å². The lowest BCUT2D eigenvalue weighted by Gasteiger charge is -2.38. The van der Waals surface area contributed by atoms with Crippen LogP contribution in [-0.4, -0.2) is 37.1 Å². The molecular weight excluding hydrogens is 407 g/mol. The lowest BCUT2D eigenvalue weighted by molar-refractivity contribution is -0.0453. The van der Waals surface area contributed by atoms with Gasteiger partial charge in [-0.15, -0.1) is 0 Å². The number of aliphatic imine (C=N–C) groups is 1. The number of amides is 1. The lowest BCUT2D eigenvalue weighted by atomic mass is 9.85. The van der Waals surface area contributed by atoms with Crippen LogP contribution in [0.25, 0.3) is 0 Å². The second-order valence-corrected chi connectivity index (χ2v) is 9.49. The van der Waals surface area contributed by atoms with Gasteiger partial charge in [0.1, 0.15) is 17.5 Å². The number of nitrogens with zero attached hydrogens (tertiary/aromatic N) is 1. The van der Waals surface area contributed by atoms with Gasteiger partial charge in [-0.1, -0.05) is 19.1 Å². The van der Waals surface area contributed by atoms with E-state index in [2.05, 4.69) is 23.3 Å². The van der Waals surface area contributed by atoms with E-state index in [-0.39, 0.29) is 17.8 Å². The molecule has 1 N–H and O–H groups in total. The molecule has 6 heteroatoms. The predicted molar refractivity (Wildman–Crippen MR) is 128 cm³/mol. The molecule has 0 saturated carbocycles. The zero-order valence-electron chi connectivity index (χ0n) is 20.6. The van der Waals surface area contributed by atoms with E-state index in [1.807, 2.05) is 41.7 Å². The van der Waals surface area contributed by atoms with Crippen LogP contribution in [-0.2, 0) is 9.47 Å². The Morgan fingerprint density at radius 1 is 1.38 bits per heavy atom. The Balaban J connectivity index is 2.18. The molecule has 1 aliphatic heterocycles. The Hall–Kier alpha value is -2.21. The van der Waals surface area contributed by atoms with Crippen LogP contribution in [0.4, 0.5) is 9.18 Å². The minimum Gasteiger partial charge on any atom is -0.444 e. The van der Waals surface area contributed by atoms with E-state index in [9.17, 15) is 9.18 Å². The predicted octanol–water partition coefficient (Wildman–Crippen LogP) is 6.31. The van der Waals surface area contributed by atoms with Gasteiger partial charge in [0, 0.05) is 12.8 Å². The molecule has 1 amide bonds. The van der Waals surface area contributed by atoms with Gasteiger partial charge < -0.3 is 14.8 Å². The highest BCUT2D eigenvalue weighted by molar-refractivity contribution is 5.99. The number of hydrogen-bond donors (Lipinski definition) is 1. The number of benzene rings is 1. The van der Waals surface area contributed by atoms with E-state index < -0.39 is 17.8 Å². The molecule has 0 spiro atoms. The van der Waals surface area contributed by atoms with Gasteiger partial charge in [-0.25, -0.2) is 9.18 Å². The van der Waals surface area contributed by atoms with Crippen molar-refractivity contribution in [1.29, 1.82) is 0 Å². The number of nitrogens with one attached hydrogen (secondary N) is 1. The molecule has 178 valence electrons. The molecule has 2 rings (SSSR count). The van der Waals surface area contributed by atoms with Crippen LogP contribution < -0.4 is 5.32 Å². The Labute approximate surface area is 192 Å². The largest absolute Gasteiger partial charge is 0.444 e. The maximum atomic E-state index is 14.0. The zero-order chi connectivity index (χ0) is 23.9. The fraction of sp³-hybridized carbons (Fsp3) is 0.615. The van der Waals surface area contributed by atoms with E-state index in [0.29, 0.717) is 6.61 Å². The minimum absolute atomic E-state index is 0.256. The molecule has 0 aliphatic carbocycles. The first-order valence-electron chi connectivity index (χ1n) is 11.6. The number of hydrogen-bond acceptors (Lipinski definition) is 4. The van der Waals surface area contributed by atoms with E-state index in [1.165, 1.54) is 17.7 Å². The van der Waals surface area contributed by atoms with E-state index in [0.717, 1.165) is 42.5 Å². The summed E-state index contributed by atoms with van der Waals surface area (Å²) in [5, 5.41) is 3.00. The van der Waals surface area contributed by atoms with Gasteiger partial charge in [0.15, 0.2) is 0 Å². The Kier molecular flexibility index (Phi) is 9.44. The molecule has 3 atom stereocenters. The van der Waals surface area contributed by atoms with Crippen molar-refractivity contribution in [2.75, 3.05) is 13.7 Å². The molecule has 0 bridgehead atoms. The SMILES string of the molecule is C/C=C(CC)\C(CC[C@@H]1CO[C@H](c2cc(F)ccc2C)C(NC(=O)OC(C)(C)C)C1)=N/C. The van der Waals surface area contributed by atoms with Crippen LogP contribution in [0.5, 0.6) is 0 Å². The first kappa shape index (κ1) is 26.0. The third-order valence-electron chi connectivity index (χ3n) is 5.87. The summed E-state index contributed by atoms with van der Waals surface area (Å²) in [6.07, 6.45) is 4.67. The molecule has 1 aromatic carbocycles. The van der Waals surface area contributed by atoms with Crippen LogP contribution in [0.1, 0.15) is 77.5 Å². The smallest absolute Gasteiger partial charge is 0.407 e. The first-order valence-corrected chi connectivity index (χ1v) is 11.6. The summed E-state index contributed by atoms with van der Waals surface area (Å²) >= 11 is 0. The first-order chi connectivity index (χ1) is 15.1. The normalized spacial score (nSPS) is 22.6. The summed E-state index contributed by atoms with van der Waals surface area (Å²) in [6.45, 7) is 12.2. The molecule has 1 heterocycles. The summed E-state index contributed by atoms with van der Waals surface area (Å²) in [6, 6.07) is 4.39. The van der Waals surface area contributed by atoms with Crippen LogP contribution in [0.15, 0.2) is 34.8 Å². The summed E-state index contributed by atoms with van der Waals surface area (Å²) < 4.78 is 25.7. The second-order valence-electron chi connectivity index (χ2n) is 9.49. The van der Waals surface area contributed by atoms with Gasteiger partial charge in [0.05, 0.1) is 12.6 Å². The van der Waals surface area contributed by atoms with Crippen molar-refractivity contribution >= 4 is 11.8 Å². The molecule has 32 heavy (non-hydrogen) atoms. The Morgan fingerprint density at radius 2 is 2.09 bits per heavy atom. The molecule has 1 saturated heterocycles. The van der Waals surface area contributed by atoms with Crippen LogP contribution in [0.3, 0.4) is 0 Å². The van der Waals surface area contributed by atoms with Crippen molar-refractivity contribution in [3.8, 4) is 0 Å². The highest BCUT2D eigenvalue weighted by Gasteiger charge is 2.35. The molecular formula is C26H39FN2O3. The average molecular weight is 447 g/mol. The van der Waals surface area contributed by atoms with Gasteiger partial charge >= 0.3 is 6.09 Å². The Bertz CT molecular complexity index is 842. The van der Waals surface area contributed by atoms with E-state index in [4.69, 9.17) is 9.47 Å². The number of allylic oxidation sites excluding steroid dienone is 2. The summed E-state index contributed by atoms with van der Waals surface area (Å²) in [7, 11) is 1.83. The van der Waals surface area contributed by atoms with E-state index in [1.54, 1.807) is 6.07 Å². The Morgan fingerprint density at radius 3 is 2.69 bits per heavy atom. The summed E-state index contributed by atoms with van der Waals surface area (Å²) in [4.78, 5) is 17.0. The molecule has 0 radical (unpaired) electrons. The number of rotatable bonds is 7. The topological polar surface area (TPSA) is 59.9 Å². The number of carbonyl (C=O) groups excluding carboxylic acids is 1. The van der Waals surface area contributed by atoms with Crippen molar-refractivity contribution in [1.82, 2.24) is 5.32 Å². The molecule has 1 aromatic rings. The number of alkyl carbamates (subject to hydrolysis) is 1. The summed E-state index contributed by atoms with van der Waals surface area (Å²) in [5.41, 5.74) is 3.49. The maximum Gasteiger partial charge on any atom is 0.407 e. The molecule has 1 fully saturated rings. The van der Waals surface area contributed by atoms with Crippen molar-refractivity contribution in [3.63, 3.8) is 0 Å². The highest BCUT2D eigenvalue weighted by atomic mass is 19.1.